The van der Waals surface area contributed by atoms with Crippen molar-refractivity contribution in [1.82, 2.24) is 5.32 Å². The summed E-state index contributed by atoms with van der Waals surface area (Å²) >= 11 is 0. The van der Waals surface area contributed by atoms with E-state index in [-0.39, 0.29) is 17.8 Å². The number of amides is 1. The van der Waals surface area contributed by atoms with Crippen molar-refractivity contribution in [2.24, 2.45) is 0 Å². The molecule has 0 aliphatic rings. The summed E-state index contributed by atoms with van der Waals surface area (Å²) in [6.07, 6.45) is 3.10. The number of nitrogens with one attached hydrogen (secondary N) is 1. The molecule has 1 unspecified atom stereocenters. The minimum Gasteiger partial charge on any atom is -0.346 e. The number of carbonyl (C=O) groups is 1. The van der Waals surface area contributed by atoms with Crippen molar-refractivity contribution in [2.45, 2.75) is 19.9 Å². The van der Waals surface area contributed by atoms with Crippen LogP contribution in [0.5, 0.6) is 0 Å². The maximum atomic E-state index is 12.9. The number of halogens is 1. The molecule has 15 heavy (non-hydrogen) atoms. The van der Waals surface area contributed by atoms with Gasteiger partial charge in [0.05, 0.1) is 6.04 Å². The standard InChI is InChI=1S/C12H14FNO/c1-3-5-12(15)14-9(2)10-6-4-7-11(13)8-10/h3-9H,1-2H3,(H,14,15). The van der Waals surface area contributed by atoms with Crippen LogP contribution in [0, 0.1) is 5.82 Å². The molecule has 0 aromatic heterocycles. The van der Waals surface area contributed by atoms with Crippen LogP contribution in [0.2, 0.25) is 0 Å². The third kappa shape index (κ3) is 3.54. The first kappa shape index (κ1) is 11.4. The Labute approximate surface area is 88.8 Å². The first-order chi connectivity index (χ1) is 7.13. The molecule has 1 rings (SSSR count). The summed E-state index contributed by atoms with van der Waals surface area (Å²) < 4.78 is 12.9. The molecular formula is C12H14FNO. The molecule has 2 nitrogen and oxygen atoms in total. The molecule has 1 amide bonds. The Morgan fingerprint density at radius 2 is 2.27 bits per heavy atom. The third-order valence-corrected chi connectivity index (χ3v) is 2.03. The molecule has 0 heterocycles. The van der Waals surface area contributed by atoms with Crippen molar-refractivity contribution in [3.63, 3.8) is 0 Å². The molecule has 0 saturated heterocycles. The first-order valence-corrected chi connectivity index (χ1v) is 4.82. The molecule has 0 radical (unpaired) electrons. The zero-order valence-corrected chi connectivity index (χ0v) is 8.83. The lowest BCUT2D eigenvalue weighted by molar-refractivity contribution is -0.117. The fourth-order valence-corrected chi connectivity index (χ4v) is 1.27. The number of carbonyl (C=O) groups excluding carboxylic acids is 1. The van der Waals surface area contributed by atoms with Gasteiger partial charge in [-0.25, -0.2) is 4.39 Å². The van der Waals surface area contributed by atoms with Crippen LogP contribution in [-0.4, -0.2) is 5.91 Å². The zero-order valence-electron chi connectivity index (χ0n) is 8.83. The van der Waals surface area contributed by atoms with Gasteiger partial charge in [-0.05, 0) is 37.6 Å². The second-order valence-corrected chi connectivity index (χ2v) is 3.29. The molecule has 1 aromatic rings. The molecule has 0 bridgehead atoms. The van der Waals surface area contributed by atoms with Crippen LogP contribution in [0.1, 0.15) is 25.5 Å². The lowest BCUT2D eigenvalue weighted by atomic mass is 10.1. The number of hydrogen-bond donors (Lipinski definition) is 1. The Bertz CT molecular complexity index is 374. The molecule has 3 heteroatoms. The quantitative estimate of drug-likeness (QED) is 0.758. The highest BCUT2D eigenvalue weighted by atomic mass is 19.1. The SMILES string of the molecule is CC=CC(=O)NC(C)c1cccc(F)c1. The molecule has 80 valence electrons. The topological polar surface area (TPSA) is 29.1 Å². The van der Waals surface area contributed by atoms with Gasteiger partial charge in [-0.1, -0.05) is 18.2 Å². The van der Waals surface area contributed by atoms with Gasteiger partial charge in [-0.15, -0.1) is 0 Å². The predicted molar refractivity (Wildman–Crippen MR) is 57.8 cm³/mol. The Hall–Kier alpha value is -1.64. The molecule has 1 atom stereocenters. The maximum absolute atomic E-state index is 12.9. The second kappa shape index (κ2) is 5.29. The zero-order chi connectivity index (χ0) is 11.3. The minimum atomic E-state index is -0.292. The molecule has 1 aromatic carbocycles. The van der Waals surface area contributed by atoms with Crippen molar-refractivity contribution in [3.05, 3.63) is 47.8 Å². The first-order valence-electron chi connectivity index (χ1n) is 4.82. The summed E-state index contributed by atoms with van der Waals surface area (Å²) in [5.74, 6) is -0.464. The molecule has 1 N–H and O–H groups in total. The maximum Gasteiger partial charge on any atom is 0.244 e. The van der Waals surface area contributed by atoms with Crippen LogP contribution in [0.15, 0.2) is 36.4 Å². The van der Waals surface area contributed by atoms with Crippen molar-refractivity contribution in [3.8, 4) is 0 Å². The molecular weight excluding hydrogens is 193 g/mol. The smallest absolute Gasteiger partial charge is 0.244 e. The fraction of sp³-hybridized carbons (Fsp3) is 0.250. The summed E-state index contributed by atoms with van der Waals surface area (Å²) in [5.41, 5.74) is 0.757. The largest absolute Gasteiger partial charge is 0.346 e. The van der Waals surface area contributed by atoms with E-state index in [1.54, 1.807) is 25.1 Å². The highest BCUT2D eigenvalue weighted by molar-refractivity contribution is 5.87. The second-order valence-electron chi connectivity index (χ2n) is 3.29. The van der Waals surface area contributed by atoms with Gasteiger partial charge in [-0.3, -0.25) is 4.79 Å². The molecule has 0 aliphatic carbocycles. The highest BCUT2D eigenvalue weighted by Gasteiger charge is 2.07. The molecule has 0 fully saturated rings. The van der Waals surface area contributed by atoms with E-state index in [4.69, 9.17) is 0 Å². The Balaban J connectivity index is 2.68. The molecule has 0 spiro atoms. The number of benzene rings is 1. The van der Waals surface area contributed by atoms with Crippen molar-refractivity contribution < 1.29 is 9.18 Å². The van der Waals surface area contributed by atoms with Crippen LogP contribution < -0.4 is 5.32 Å². The van der Waals surface area contributed by atoms with Gasteiger partial charge in [0, 0.05) is 0 Å². The normalized spacial score (nSPS) is 12.7. The summed E-state index contributed by atoms with van der Waals surface area (Å²) in [6, 6.07) is 6.02. The van der Waals surface area contributed by atoms with Gasteiger partial charge < -0.3 is 5.32 Å². The van der Waals surface area contributed by atoms with Crippen LogP contribution in [0.25, 0.3) is 0 Å². The van der Waals surface area contributed by atoms with Crippen LogP contribution in [-0.2, 0) is 4.79 Å². The van der Waals surface area contributed by atoms with Crippen molar-refractivity contribution >= 4 is 5.91 Å². The van der Waals surface area contributed by atoms with Gasteiger partial charge in [-0.2, -0.15) is 0 Å². The van der Waals surface area contributed by atoms with E-state index in [1.807, 2.05) is 6.92 Å². The van der Waals surface area contributed by atoms with E-state index in [2.05, 4.69) is 5.32 Å². The summed E-state index contributed by atoms with van der Waals surface area (Å²) in [6.45, 7) is 3.59. The Kier molecular flexibility index (Phi) is 4.03. The van der Waals surface area contributed by atoms with Crippen molar-refractivity contribution in [2.75, 3.05) is 0 Å². The number of rotatable bonds is 3. The van der Waals surface area contributed by atoms with Crippen LogP contribution in [0.3, 0.4) is 0 Å². The average Bonchev–Trinajstić information content (AvgIpc) is 2.18. The number of hydrogen-bond acceptors (Lipinski definition) is 1. The van der Waals surface area contributed by atoms with Crippen molar-refractivity contribution in [1.29, 1.82) is 0 Å². The predicted octanol–water partition coefficient (Wildman–Crippen LogP) is 2.58. The Morgan fingerprint density at radius 3 is 2.87 bits per heavy atom. The monoisotopic (exact) mass is 207 g/mol. The van der Waals surface area contributed by atoms with E-state index in [9.17, 15) is 9.18 Å². The molecule has 0 aliphatic heterocycles. The van der Waals surface area contributed by atoms with Gasteiger partial charge in [0.15, 0.2) is 0 Å². The van der Waals surface area contributed by atoms with E-state index < -0.39 is 0 Å². The lowest BCUT2D eigenvalue weighted by Gasteiger charge is -2.12. The van der Waals surface area contributed by atoms with E-state index in [0.717, 1.165) is 5.56 Å². The highest BCUT2D eigenvalue weighted by Crippen LogP contribution is 2.13. The van der Waals surface area contributed by atoms with Crippen LogP contribution >= 0.6 is 0 Å². The lowest BCUT2D eigenvalue weighted by Crippen LogP contribution is -2.24. The van der Waals surface area contributed by atoms with Gasteiger partial charge in [0.25, 0.3) is 0 Å². The Morgan fingerprint density at radius 1 is 1.53 bits per heavy atom. The van der Waals surface area contributed by atoms with Gasteiger partial charge in [0.2, 0.25) is 5.91 Å². The van der Waals surface area contributed by atoms with E-state index >= 15 is 0 Å². The summed E-state index contributed by atoms with van der Waals surface area (Å²) in [7, 11) is 0. The third-order valence-electron chi connectivity index (χ3n) is 2.03. The van der Waals surface area contributed by atoms with Gasteiger partial charge in [0.1, 0.15) is 5.82 Å². The number of allylic oxidation sites excluding steroid dienone is 1. The summed E-state index contributed by atoms with van der Waals surface area (Å²) in [5, 5.41) is 2.73. The molecule has 0 saturated carbocycles. The summed E-state index contributed by atoms with van der Waals surface area (Å²) in [4.78, 5) is 11.2. The van der Waals surface area contributed by atoms with Crippen LogP contribution in [0.4, 0.5) is 4.39 Å². The van der Waals surface area contributed by atoms with Gasteiger partial charge >= 0.3 is 0 Å². The fourth-order valence-electron chi connectivity index (χ4n) is 1.27. The van der Waals surface area contributed by atoms with E-state index in [1.165, 1.54) is 18.2 Å². The van der Waals surface area contributed by atoms with E-state index in [0.29, 0.717) is 0 Å². The minimum absolute atomic E-state index is 0.172. The average molecular weight is 207 g/mol.